The van der Waals surface area contributed by atoms with Crippen LogP contribution in [0, 0.1) is 0 Å². The number of amides is 4. The van der Waals surface area contributed by atoms with Crippen molar-refractivity contribution in [2.24, 2.45) is 0 Å². The van der Waals surface area contributed by atoms with Gasteiger partial charge in [-0.25, -0.2) is 9.97 Å². The number of carbonyl (C=O) groups is 5. The van der Waals surface area contributed by atoms with Gasteiger partial charge in [-0.3, -0.25) is 34.2 Å². The minimum atomic E-state index is -1.46. The molecule has 2 fully saturated rings. The van der Waals surface area contributed by atoms with E-state index < -0.39 is 60.3 Å². The number of Topliss-reactive ketones (excluding diaryl/α,β-unsaturated/α-hetero) is 1. The molecule has 3 aliphatic rings. The van der Waals surface area contributed by atoms with Crippen molar-refractivity contribution in [2.75, 3.05) is 24.2 Å². The first kappa shape index (κ1) is 36.9. The Kier molecular flexibility index (Phi) is 10.3. The maximum absolute atomic E-state index is 13.3. The Morgan fingerprint density at radius 1 is 1.09 bits per heavy atom. The molecule has 0 aliphatic carbocycles. The van der Waals surface area contributed by atoms with E-state index in [2.05, 4.69) is 20.6 Å². The number of nitrogens with one attached hydrogen (secondary N) is 2. The first-order chi connectivity index (χ1) is 25.9. The Balaban J connectivity index is 0.898. The Hall–Kier alpha value is -5.46. The van der Waals surface area contributed by atoms with Crippen LogP contribution in [-0.4, -0.2) is 102 Å². The molecule has 6 atom stereocenters. The molecule has 0 radical (unpaired) electrons. The third-order valence-electron chi connectivity index (χ3n) is 9.74. The number of anilines is 2. The second-order valence-corrected chi connectivity index (χ2v) is 13.6. The summed E-state index contributed by atoms with van der Waals surface area (Å²) in [6, 6.07) is 9.84. The van der Waals surface area contributed by atoms with E-state index in [0.717, 1.165) is 4.90 Å². The largest absolute Gasteiger partial charge is 0.492 e. The van der Waals surface area contributed by atoms with E-state index >= 15 is 0 Å². The van der Waals surface area contributed by atoms with Gasteiger partial charge in [0.25, 0.3) is 11.8 Å². The summed E-state index contributed by atoms with van der Waals surface area (Å²) in [5, 5.41) is 38.9. The summed E-state index contributed by atoms with van der Waals surface area (Å²) in [6.07, 6.45) is -2.98. The lowest BCUT2D eigenvalue weighted by atomic mass is 9.99. The van der Waals surface area contributed by atoms with Crippen molar-refractivity contribution in [3.63, 3.8) is 0 Å². The molecule has 3 aliphatic heterocycles. The van der Waals surface area contributed by atoms with Crippen molar-refractivity contribution >= 4 is 63.6 Å². The number of benzene rings is 2. The van der Waals surface area contributed by atoms with Gasteiger partial charge >= 0.3 is 0 Å². The first-order valence-electron chi connectivity index (χ1n) is 17.2. The minimum Gasteiger partial charge on any atom is -0.492 e. The van der Waals surface area contributed by atoms with Gasteiger partial charge in [-0.15, -0.1) is 0 Å². The van der Waals surface area contributed by atoms with E-state index in [1.807, 2.05) is 0 Å². The van der Waals surface area contributed by atoms with Gasteiger partial charge in [-0.2, -0.15) is 0 Å². The van der Waals surface area contributed by atoms with Crippen molar-refractivity contribution in [1.82, 2.24) is 24.8 Å². The zero-order valence-corrected chi connectivity index (χ0v) is 29.3. The fourth-order valence-electron chi connectivity index (χ4n) is 6.95. The Morgan fingerprint density at radius 3 is 2.70 bits per heavy atom. The Morgan fingerprint density at radius 2 is 1.91 bits per heavy atom. The predicted octanol–water partition coefficient (Wildman–Crippen LogP) is 1.65. The Bertz CT molecular complexity index is 2160. The minimum absolute atomic E-state index is 0.0134. The number of fused-ring (bicyclic) bond motifs is 2. The molecule has 54 heavy (non-hydrogen) atoms. The second-order valence-electron chi connectivity index (χ2n) is 13.2. The van der Waals surface area contributed by atoms with Crippen LogP contribution in [0.4, 0.5) is 11.5 Å². The average molecular weight is 762 g/mol. The molecule has 5 heterocycles. The number of piperidine rings is 1. The van der Waals surface area contributed by atoms with Crippen LogP contribution in [0.2, 0.25) is 5.02 Å². The fraction of sp³-hybridized carbons (Fsp3) is 0.361. The summed E-state index contributed by atoms with van der Waals surface area (Å²) < 4.78 is 13.3. The van der Waals surface area contributed by atoms with Gasteiger partial charge in [0.15, 0.2) is 6.23 Å². The maximum Gasteiger partial charge on any atom is 0.264 e. The molecule has 4 aromatic rings. The smallest absolute Gasteiger partial charge is 0.264 e. The summed E-state index contributed by atoms with van der Waals surface area (Å²) in [5.41, 5.74) is 7.22. The van der Waals surface area contributed by atoms with Crippen LogP contribution in [0.25, 0.3) is 11.0 Å². The lowest BCUT2D eigenvalue weighted by Gasteiger charge is -2.27. The molecule has 2 aromatic carbocycles. The number of aliphatic hydroxyl groups excluding tert-OH is 3. The third-order valence-corrected chi connectivity index (χ3v) is 10.1. The average Bonchev–Trinajstić information content (AvgIpc) is 3.79. The van der Waals surface area contributed by atoms with Crippen LogP contribution < -0.4 is 21.1 Å². The van der Waals surface area contributed by atoms with E-state index in [4.69, 9.17) is 26.8 Å². The molecule has 0 saturated carbocycles. The van der Waals surface area contributed by atoms with Crippen LogP contribution >= 0.6 is 11.6 Å². The van der Waals surface area contributed by atoms with Crippen molar-refractivity contribution < 1.29 is 48.8 Å². The second kappa shape index (κ2) is 15.1. The molecule has 7 N–H and O–H groups in total. The lowest BCUT2D eigenvalue weighted by molar-refractivity contribution is -0.136. The number of nitrogens with zero attached hydrogens (tertiary/aromatic N) is 4. The summed E-state index contributed by atoms with van der Waals surface area (Å²) in [5.74, 6) is -2.04. The van der Waals surface area contributed by atoms with Gasteiger partial charge < -0.3 is 40.4 Å². The molecular weight excluding hydrogens is 726 g/mol. The molecular formula is C36H36ClN7O10. The highest BCUT2D eigenvalue weighted by atomic mass is 35.5. The molecule has 0 spiro atoms. The molecule has 18 heteroatoms. The lowest BCUT2D eigenvalue weighted by Crippen LogP contribution is -2.54. The highest BCUT2D eigenvalue weighted by Crippen LogP contribution is 2.39. The standard InChI is InChI=1S/C36H36ClN7O10/c37-21-7-6-17(27(47)30-28(48)29(49)36(54-30)43-13-11-20-31(38)40-16-41-32(20)43)15-24(21)53-14-2-3-18(45)10-12-39-22-5-1-4-19-26(22)35(52)44(34(19)51)23-8-9-25(46)42-33(23)50/h1,4-7,11,13,15-16,23,27-30,36,39,47-49H,2-3,8-10,12,14H2,(H2,38,40,41)(H,42,46,50)/t23?,27-,28+,29-,30-,36-/m1/s1. The number of aliphatic hydroxyl groups is 3. The number of halogens is 1. The van der Waals surface area contributed by atoms with Gasteiger partial charge in [-0.1, -0.05) is 23.7 Å². The van der Waals surface area contributed by atoms with E-state index in [1.165, 1.54) is 29.1 Å². The van der Waals surface area contributed by atoms with Gasteiger partial charge in [0, 0.05) is 37.7 Å². The van der Waals surface area contributed by atoms with E-state index in [9.17, 15) is 39.3 Å². The number of ketones is 1. The fourth-order valence-corrected chi connectivity index (χ4v) is 7.12. The van der Waals surface area contributed by atoms with Crippen molar-refractivity contribution in [2.45, 2.75) is 68.8 Å². The summed E-state index contributed by atoms with van der Waals surface area (Å²) in [6.45, 7) is 0.293. The van der Waals surface area contributed by atoms with Crippen molar-refractivity contribution in [1.29, 1.82) is 0 Å². The molecule has 1 unspecified atom stereocenters. The molecule has 282 valence electrons. The van der Waals surface area contributed by atoms with Crippen molar-refractivity contribution in [3.05, 3.63) is 76.7 Å². The normalized spacial score (nSPS) is 23.1. The summed E-state index contributed by atoms with van der Waals surface area (Å²) in [4.78, 5) is 72.0. The predicted molar refractivity (Wildman–Crippen MR) is 190 cm³/mol. The number of nitrogens with two attached hydrogens (primary N) is 1. The number of carbonyl (C=O) groups excluding carboxylic acids is 5. The maximum atomic E-state index is 13.3. The number of hydrogen-bond acceptors (Lipinski definition) is 14. The number of nitrogen functional groups attached to an aromatic ring is 1. The van der Waals surface area contributed by atoms with E-state index in [1.54, 1.807) is 30.5 Å². The molecule has 4 amide bonds. The van der Waals surface area contributed by atoms with Crippen LogP contribution in [0.3, 0.4) is 0 Å². The number of rotatable bonds is 13. The van der Waals surface area contributed by atoms with Crippen LogP contribution in [0.5, 0.6) is 5.75 Å². The van der Waals surface area contributed by atoms with E-state index in [-0.39, 0.29) is 72.3 Å². The number of imide groups is 2. The van der Waals surface area contributed by atoms with Crippen molar-refractivity contribution in [3.8, 4) is 5.75 Å². The summed E-state index contributed by atoms with van der Waals surface area (Å²) in [7, 11) is 0. The quantitative estimate of drug-likeness (QED) is 0.0838. The zero-order valence-electron chi connectivity index (χ0n) is 28.6. The SMILES string of the molecule is Nc1ncnc2c1ccn2[C@@H]1O[C@H]([C@H](O)c2ccc(Cl)c(OCCCC(=O)CCNc3cccc4c3C(=O)N(C3CCC(=O)NC3=O)C4=O)c2)[C@@H](O)[C@H]1O. The monoisotopic (exact) mass is 761 g/mol. The zero-order chi connectivity index (χ0) is 38.3. The number of hydrogen-bond donors (Lipinski definition) is 6. The molecule has 7 rings (SSSR count). The van der Waals surface area contributed by atoms with Crippen LogP contribution in [0.1, 0.15) is 70.7 Å². The van der Waals surface area contributed by atoms with Crippen LogP contribution in [0.15, 0.2) is 55.0 Å². The molecule has 2 saturated heterocycles. The van der Waals surface area contributed by atoms with Gasteiger partial charge in [-0.05, 0) is 48.7 Å². The number of ether oxygens (including phenoxy) is 2. The van der Waals surface area contributed by atoms with Gasteiger partial charge in [0.2, 0.25) is 11.8 Å². The third kappa shape index (κ3) is 6.87. The number of aromatic nitrogens is 3. The molecule has 0 bridgehead atoms. The molecule has 17 nitrogen and oxygen atoms in total. The Labute approximate surface area is 312 Å². The summed E-state index contributed by atoms with van der Waals surface area (Å²) >= 11 is 6.36. The van der Waals surface area contributed by atoms with Gasteiger partial charge in [0.1, 0.15) is 59.8 Å². The first-order valence-corrected chi connectivity index (χ1v) is 17.6. The highest BCUT2D eigenvalue weighted by Gasteiger charge is 2.48. The van der Waals surface area contributed by atoms with Crippen LogP contribution in [-0.2, 0) is 19.1 Å². The van der Waals surface area contributed by atoms with Gasteiger partial charge in [0.05, 0.1) is 28.1 Å². The van der Waals surface area contributed by atoms with E-state index in [0.29, 0.717) is 28.7 Å². The highest BCUT2D eigenvalue weighted by molar-refractivity contribution is 6.32. The topological polar surface area (TPSA) is 249 Å². The molecule has 2 aromatic heterocycles.